The van der Waals surface area contributed by atoms with E-state index in [0.29, 0.717) is 32.6 Å². The van der Waals surface area contributed by atoms with E-state index in [2.05, 4.69) is 15.9 Å². The van der Waals surface area contributed by atoms with Crippen molar-refractivity contribution in [2.75, 3.05) is 26.2 Å². The van der Waals surface area contributed by atoms with E-state index >= 15 is 0 Å². The third-order valence-corrected chi connectivity index (χ3v) is 4.31. The van der Waals surface area contributed by atoms with Crippen LogP contribution in [0.3, 0.4) is 0 Å². The topological polar surface area (TPSA) is 40.6 Å². The van der Waals surface area contributed by atoms with E-state index in [9.17, 15) is 9.59 Å². The van der Waals surface area contributed by atoms with Gasteiger partial charge in [-0.2, -0.15) is 0 Å². The first kappa shape index (κ1) is 16.0. The third-order valence-electron chi connectivity index (χ3n) is 3.81. The zero-order valence-corrected chi connectivity index (χ0v) is 14.1. The van der Waals surface area contributed by atoms with Gasteiger partial charge in [0.05, 0.1) is 0 Å². The molecule has 0 N–H and O–H groups in total. The van der Waals surface area contributed by atoms with Crippen LogP contribution in [0, 0.1) is 6.92 Å². The lowest BCUT2D eigenvalue weighted by atomic mass is 10.1. The minimum absolute atomic E-state index is 0.0522. The van der Waals surface area contributed by atoms with Crippen LogP contribution >= 0.6 is 15.9 Å². The van der Waals surface area contributed by atoms with Crippen LogP contribution in [0.2, 0.25) is 0 Å². The summed E-state index contributed by atoms with van der Waals surface area (Å²) in [6.07, 6.45) is 1.47. The summed E-state index contributed by atoms with van der Waals surface area (Å²) in [5.41, 5.74) is 1.71. The van der Waals surface area contributed by atoms with Crippen LogP contribution in [0.15, 0.2) is 22.7 Å². The van der Waals surface area contributed by atoms with Gasteiger partial charge in [-0.1, -0.05) is 28.9 Å². The molecule has 2 rings (SSSR count). The Bertz CT molecular complexity index is 537. The van der Waals surface area contributed by atoms with Crippen LogP contribution in [0.4, 0.5) is 0 Å². The van der Waals surface area contributed by atoms with Crippen molar-refractivity contribution in [1.82, 2.24) is 9.80 Å². The molecule has 1 heterocycles. The van der Waals surface area contributed by atoms with Crippen LogP contribution in [-0.2, 0) is 4.79 Å². The predicted octanol–water partition coefficient (Wildman–Crippen LogP) is 2.84. The summed E-state index contributed by atoms with van der Waals surface area (Å²) in [6.45, 7) is 6.45. The van der Waals surface area contributed by atoms with E-state index in [1.807, 2.05) is 41.8 Å². The molecule has 1 aliphatic rings. The molecule has 2 amide bonds. The third kappa shape index (κ3) is 3.84. The number of carbonyl (C=O) groups excluding carboxylic acids is 2. The highest BCUT2D eigenvalue weighted by Gasteiger charge is 2.25. The molecule has 1 aromatic carbocycles. The number of rotatable bonds is 3. The van der Waals surface area contributed by atoms with Crippen molar-refractivity contribution in [2.24, 2.45) is 0 Å². The van der Waals surface area contributed by atoms with E-state index in [0.717, 1.165) is 22.0 Å². The highest BCUT2D eigenvalue weighted by molar-refractivity contribution is 9.10. The van der Waals surface area contributed by atoms with Gasteiger partial charge in [0.15, 0.2) is 0 Å². The van der Waals surface area contributed by atoms with Gasteiger partial charge in [0.25, 0.3) is 5.91 Å². The minimum atomic E-state index is 0.0522. The lowest BCUT2D eigenvalue weighted by molar-refractivity contribution is -0.132. The standard InChI is InChI=1S/C16H21BrN2O2/c1-3-4-15(20)18-7-9-19(10-8-18)16(21)14-11-13(17)6-5-12(14)2/h5-6,11H,3-4,7-10H2,1-2H3. The Morgan fingerprint density at radius 2 is 1.76 bits per heavy atom. The van der Waals surface area contributed by atoms with Gasteiger partial charge in [-0.05, 0) is 31.0 Å². The maximum atomic E-state index is 12.6. The first-order valence-electron chi connectivity index (χ1n) is 7.36. The number of benzene rings is 1. The second-order valence-electron chi connectivity index (χ2n) is 5.38. The first-order valence-corrected chi connectivity index (χ1v) is 8.15. The fraction of sp³-hybridized carbons (Fsp3) is 0.500. The molecule has 1 fully saturated rings. The summed E-state index contributed by atoms with van der Waals surface area (Å²) in [5, 5.41) is 0. The molecule has 0 atom stereocenters. The van der Waals surface area contributed by atoms with Gasteiger partial charge >= 0.3 is 0 Å². The Kier molecular flexibility index (Phi) is 5.39. The molecule has 4 nitrogen and oxygen atoms in total. The van der Waals surface area contributed by atoms with Crippen LogP contribution in [0.1, 0.15) is 35.7 Å². The number of carbonyl (C=O) groups is 2. The normalized spacial score (nSPS) is 15.2. The van der Waals surface area contributed by atoms with Gasteiger partial charge in [0.2, 0.25) is 5.91 Å². The molecule has 1 aliphatic heterocycles. The molecule has 0 unspecified atom stereocenters. The summed E-state index contributed by atoms with van der Waals surface area (Å²) in [5.74, 6) is 0.250. The number of hydrogen-bond acceptors (Lipinski definition) is 2. The van der Waals surface area contributed by atoms with Crippen molar-refractivity contribution in [3.8, 4) is 0 Å². The first-order chi connectivity index (χ1) is 10.0. The van der Waals surface area contributed by atoms with E-state index < -0.39 is 0 Å². The monoisotopic (exact) mass is 352 g/mol. The van der Waals surface area contributed by atoms with Gasteiger partial charge in [-0.25, -0.2) is 0 Å². The Morgan fingerprint density at radius 3 is 2.38 bits per heavy atom. The molecule has 5 heteroatoms. The van der Waals surface area contributed by atoms with Crippen molar-refractivity contribution in [2.45, 2.75) is 26.7 Å². The lowest BCUT2D eigenvalue weighted by Crippen LogP contribution is -2.50. The summed E-state index contributed by atoms with van der Waals surface area (Å²) in [4.78, 5) is 28.1. The van der Waals surface area contributed by atoms with Crippen molar-refractivity contribution < 1.29 is 9.59 Å². The van der Waals surface area contributed by atoms with Crippen LogP contribution in [0.5, 0.6) is 0 Å². The number of amides is 2. The zero-order chi connectivity index (χ0) is 15.4. The molecule has 0 bridgehead atoms. The molecule has 0 radical (unpaired) electrons. The fourth-order valence-electron chi connectivity index (χ4n) is 2.53. The molecule has 1 saturated heterocycles. The highest BCUT2D eigenvalue weighted by atomic mass is 79.9. The van der Waals surface area contributed by atoms with Gasteiger partial charge in [0.1, 0.15) is 0 Å². The molecule has 0 aliphatic carbocycles. The number of piperazine rings is 1. The van der Waals surface area contributed by atoms with Gasteiger partial charge in [0, 0.05) is 42.6 Å². The predicted molar refractivity (Wildman–Crippen MR) is 86.3 cm³/mol. The van der Waals surface area contributed by atoms with E-state index in [1.54, 1.807) is 0 Å². The van der Waals surface area contributed by atoms with Crippen LogP contribution in [-0.4, -0.2) is 47.8 Å². The number of aryl methyl sites for hydroxylation is 1. The smallest absolute Gasteiger partial charge is 0.254 e. The van der Waals surface area contributed by atoms with Gasteiger partial charge in [-0.3, -0.25) is 9.59 Å². The van der Waals surface area contributed by atoms with Crippen molar-refractivity contribution in [3.05, 3.63) is 33.8 Å². The Morgan fingerprint density at radius 1 is 1.14 bits per heavy atom. The number of halogens is 1. The molecule has 0 spiro atoms. The molecular weight excluding hydrogens is 332 g/mol. The zero-order valence-electron chi connectivity index (χ0n) is 12.6. The average Bonchev–Trinajstić information content (AvgIpc) is 2.49. The summed E-state index contributed by atoms with van der Waals surface area (Å²) >= 11 is 3.41. The summed E-state index contributed by atoms with van der Waals surface area (Å²) in [6, 6.07) is 5.75. The second kappa shape index (κ2) is 7.07. The molecule has 21 heavy (non-hydrogen) atoms. The van der Waals surface area contributed by atoms with E-state index in [4.69, 9.17) is 0 Å². The molecule has 0 aromatic heterocycles. The molecule has 1 aromatic rings. The van der Waals surface area contributed by atoms with Crippen LogP contribution in [0.25, 0.3) is 0 Å². The SMILES string of the molecule is CCCC(=O)N1CCN(C(=O)c2cc(Br)ccc2C)CC1. The average molecular weight is 353 g/mol. The second-order valence-corrected chi connectivity index (χ2v) is 6.30. The molecule has 114 valence electrons. The van der Waals surface area contributed by atoms with Crippen molar-refractivity contribution >= 4 is 27.7 Å². The van der Waals surface area contributed by atoms with Crippen LogP contribution < -0.4 is 0 Å². The number of nitrogens with zero attached hydrogens (tertiary/aromatic N) is 2. The largest absolute Gasteiger partial charge is 0.339 e. The van der Waals surface area contributed by atoms with Crippen molar-refractivity contribution in [1.29, 1.82) is 0 Å². The Hall–Kier alpha value is -1.36. The highest BCUT2D eigenvalue weighted by Crippen LogP contribution is 2.18. The van der Waals surface area contributed by atoms with E-state index in [-0.39, 0.29) is 11.8 Å². The van der Waals surface area contributed by atoms with Gasteiger partial charge < -0.3 is 9.80 Å². The Balaban J connectivity index is 2.00. The summed E-state index contributed by atoms with van der Waals surface area (Å²) in [7, 11) is 0. The maximum Gasteiger partial charge on any atom is 0.254 e. The fourth-order valence-corrected chi connectivity index (χ4v) is 2.89. The maximum absolute atomic E-state index is 12.6. The van der Waals surface area contributed by atoms with Crippen molar-refractivity contribution in [3.63, 3.8) is 0 Å². The van der Waals surface area contributed by atoms with Gasteiger partial charge in [-0.15, -0.1) is 0 Å². The van der Waals surface area contributed by atoms with E-state index in [1.165, 1.54) is 0 Å². The quantitative estimate of drug-likeness (QED) is 0.839. The molecular formula is C16H21BrN2O2. The minimum Gasteiger partial charge on any atom is -0.339 e. The lowest BCUT2D eigenvalue weighted by Gasteiger charge is -2.35. The number of hydrogen-bond donors (Lipinski definition) is 0. The molecule has 0 saturated carbocycles. The summed E-state index contributed by atoms with van der Waals surface area (Å²) < 4.78 is 0.910. The Labute approximate surface area is 134 Å².